The molecule has 1 aromatic rings. The zero-order valence-electron chi connectivity index (χ0n) is 23.0. The van der Waals surface area contributed by atoms with Gasteiger partial charge in [-0.3, -0.25) is 4.79 Å². The second kappa shape index (κ2) is 13.9. The highest BCUT2D eigenvalue weighted by molar-refractivity contribution is 7.82. The Morgan fingerprint density at radius 2 is 1.56 bits per heavy atom. The normalized spacial score (nSPS) is 21.1. The second-order valence-electron chi connectivity index (χ2n) is 10.3. The highest BCUT2D eigenvalue weighted by atomic mass is 32.2. The van der Waals surface area contributed by atoms with Crippen LogP contribution in [0.5, 0.6) is 5.75 Å². The molecule has 1 atom stereocenters. The molecule has 0 bridgehead atoms. The molecule has 1 aromatic carbocycles. The van der Waals surface area contributed by atoms with Crippen molar-refractivity contribution in [3.05, 3.63) is 23.3 Å². The van der Waals surface area contributed by atoms with Crippen molar-refractivity contribution < 1.29 is 23.2 Å². The van der Waals surface area contributed by atoms with Gasteiger partial charge in [0.2, 0.25) is 5.91 Å². The molecule has 0 saturated heterocycles. The number of likely N-dealkylation sites (N-methyl/N-ethyl adjacent to an activating group) is 3. The highest BCUT2D eigenvalue weighted by Crippen LogP contribution is 2.27. The number of amides is 1. The van der Waals surface area contributed by atoms with Crippen molar-refractivity contribution in [3.8, 4) is 5.75 Å². The maximum atomic E-state index is 13.0. The van der Waals surface area contributed by atoms with Gasteiger partial charge in [0.15, 0.2) is 0 Å². The third kappa shape index (κ3) is 8.25. The molecular formula is C27H45N3O5S. The van der Waals surface area contributed by atoms with Gasteiger partial charge in [0, 0.05) is 39.3 Å². The van der Waals surface area contributed by atoms with Crippen LogP contribution in [-0.2, 0) is 25.3 Å². The van der Waals surface area contributed by atoms with E-state index in [9.17, 15) is 9.00 Å². The van der Waals surface area contributed by atoms with Crippen molar-refractivity contribution in [1.29, 1.82) is 0 Å². The molecule has 0 radical (unpaired) electrons. The predicted molar refractivity (Wildman–Crippen MR) is 143 cm³/mol. The van der Waals surface area contributed by atoms with Crippen LogP contribution in [0, 0.1) is 13.8 Å². The van der Waals surface area contributed by atoms with Gasteiger partial charge in [0.25, 0.3) is 0 Å². The van der Waals surface area contributed by atoms with Gasteiger partial charge in [-0.2, -0.15) is 0 Å². The van der Waals surface area contributed by atoms with E-state index in [0.29, 0.717) is 19.3 Å². The van der Waals surface area contributed by atoms with Crippen LogP contribution in [0.4, 0.5) is 0 Å². The molecule has 2 fully saturated rings. The van der Waals surface area contributed by atoms with E-state index in [1.165, 1.54) is 12.8 Å². The van der Waals surface area contributed by atoms with Crippen LogP contribution in [0.15, 0.2) is 17.0 Å². The van der Waals surface area contributed by atoms with Gasteiger partial charge in [0.05, 0.1) is 31.3 Å². The molecule has 0 N–H and O–H groups in total. The molecule has 2 aliphatic carbocycles. The molecule has 0 aromatic heterocycles. The number of methoxy groups -OCH3 is 1. The van der Waals surface area contributed by atoms with Crippen LogP contribution in [0.1, 0.15) is 49.7 Å². The molecule has 1 amide bonds. The summed E-state index contributed by atoms with van der Waals surface area (Å²) >= 11 is 0. The van der Waals surface area contributed by atoms with E-state index in [4.69, 9.17) is 14.2 Å². The quantitative estimate of drug-likeness (QED) is 0.349. The molecule has 0 heterocycles. The maximum Gasteiger partial charge on any atom is 0.248 e. The van der Waals surface area contributed by atoms with E-state index in [1.807, 2.05) is 37.9 Å². The first-order valence-electron chi connectivity index (χ1n) is 13.1. The van der Waals surface area contributed by atoms with Gasteiger partial charge >= 0.3 is 0 Å². The molecule has 204 valence electrons. The third-order valence-corrected chi connectivity index (χ3v) is 9.20. The van der Waals surface area contributed by atoms with Crippen molar-refractivity contribution in [2.75, 3.05) is 61.2 Å². The SMILES string of the molecule is COc1cc(C)c(S(=O)N(C)CCOCC(=O)N(C)C2CCC(OCCN(C)C3CC3)CC2)c(C)c1. The number of benzene rings is 1. The molecule has 2 saturated carbocycles. The largest absolute Gasteiger partial charge is 0.497 e. The minimum Gasteiger partial charge on any atom is -0.497 e. The predicted octanol–water partition coefficient (Wildman–Crippen LogP) is 3.16. The molecule has 8 nitrogen and oxygen atoms in total. The minimum absolute atomic E-state index is 0.00366. The Bertz CT molecular complexity index is 863. The smallest absolute Gasteiger partial charge is 0.248 e. The van der Waals surface area contributed by atoms with Crippen molar-refractivity contribution in [2.45, 2.75) is 75.5 Å². The van der Waals surface area contributed by atoms with Gasteiger partial charge < -0.3 is 24.0 Å². The van der Waals surface area contributed by atoms with E-state index in [-0.39, 0.29) is 18.6 Å². The second-order valence-corrected chi connectivity index (χ2v) is 11.8. The van der Waals surface area contributed by atoms with Crippen molar-refractivity contribution >= 4 is 16.9 Å². The van der Waals surface area contributed by atoms with Gasteiger partial charge in [0.1, 0.15) is 23.3 Å². The number of nitrogens with zero attached hydrogens (tertiary/aromatic N) is 3. The van der Waals surface area contributed by atoms with E-state index in [2.05, 4.69) is 11.9 Å². The summed E-state index contributed by atoms with van der Waals surface area (Å²) in [7, 11) is 6.18. The Hall–Kier alpha value is -1.52. The van der Waals surface area contributed by atoms with E-state index >= 15 is 0 Å². The molecule has 9 heteroatoms. The molecule has 2 aliphatic rings. The Labute approximate surface area is 219 Å². The fourth-order valence-electron chi connectivity index (χ4n) is 4.86. The third-order valence-electron chi connectivity index (χ3n) is 7.46. The molecule has 1 unspecified atom stereocenters. The van der Waals surface area contributed by atoms with Gasteiger partial charge in [-0.05, 0) is 82.7 Å². The Balaban J connectivity index is 1.32. The summed E-state index contributed by atoms with van der Waals surface area (Å²) in [6, 6.07) is 4.81. The van der Waals surface area contributed by atoms with Gasteiger partial charge in [-0.25, -0.2) is 8.51 Å². The first-order chi connectivity index (χ1) is 17.2. The topological polar surface area (TPSA) is 71.5 Å². The lowest BCUT2D eigenvalue weighted by Gasteiger charge is -2.34. The van der Waals surface area contributed by atoms with Crippen LogP contribution >= 0.6 is 0 Å². The fourth-order valence-corrected chi connectivity index (χ4v) is 6.08. The van der Waals surface area contributed by atoms with Crippen LogP contribution in [0.2, 0.25) is 0 Å². The summed E-state index contributed by atoms with van der Waals surface area (Å²) in [4.78, 5) is 17.7. The summed E-state index contributed by atoms with van der Waals surface area (Å²) < 4.78 is 31.8. The number of carbonyl (C=O) groups excluding carboxylic acids is 1. The van der Waals surface area contributed by atoms with Crippen LogP contribution < -0.4 is 4.74 Å². The number of aryl methyl sites for hydroxylation is 2. The first-order valence-corrected chi connectivity index (χ1v) is 14.3. The zero-order valence-corrected chi connectivity index (χ0v) is 23.8. The number of hydrogen-bond donors (Lipinski definition) is 0. The lowest BCUT2D eigenvalue weighted by molar-refractivity contribution is -0.138. The summed E-state index contributed by atoms with van der Waals surface area (Å²) in [5.41, 5.74) is 1.86. The standard InChI is InChI=1S/C27H45N3O5S/c1-20-17-25(33-6)18-21(2)27(20)36(32)29(4)14-15-34-19-26(31)30(5)23-9-11-24(12-10-23)35-16-13-28(3)22-7-8-22/h17-18,22-24H,7-16,19H2,1-6H3. The Morgan fingerprint density at radius 1 is 0.944 bits per heavy atom. The van der Waals surface area contributed by atoms with E-state index in [1.54, 1.807) is 18.5 Å². The van der Waals surface area contributed by atoms with Gasteiger partial charge in [-0.1, -0.05) is 0 Å². The molecule has 3 rings (SSSR count). The lowest BCUT2D eigenvalue weighted by atomic mass is 9.92. The summed E-state index contributed by atoms with van der Waals surface area (Å²) in [6.45, 7) is 6.52. The van der Waals surface area contributed by atoms with Crippen molar-refractivity contribution in [3.63, 3.8) is 0 Å². The van der Waals surface area contributed by atoms with Crippen LogP contribution in [0.3, 0.4) is 0 Å². The molecule has 36 heavy (non-hydrogen) atoms. The molecule has 0 aliphatic heterocycles. The summed E-state index contributed by atoms with van der Waals surface area (Å²) in [5, 5.41) is 0. The fraction of sp³-hybridized carbons (Fsp3) is 0.741. The number of ether oxygens (including phenoxy) is 3. The lowest BCUT2D eigenvalue weighted by Crippen LogP contribution is -2.42. The van der Waals surface area contributed by atoms with Crippen molar-refractivity contribution in [1.82, 2.24) is 14.1 Å². The number of rotatable bonds is 14. The molecular weight excluding hydrogens is 478 g/mol. The zero-order chi connectivity index (χ0) is 26.2. The van der Waals surface area contributed by atoms with Crippen LogP contribution in [-0.4, -0.2) is 104 Å². The van der Waals surface area contributed by atoms with Gasteiger partial charge in [-0.15, -0.1) is 0 Å². The Kier molecular flexibility index (Phi) is 11.2. The average molecular weight is 524 g/mol. The average Bonchev–Trinajstić information content (AvgIpc) is 3.71. The number of hydrogen-bond acceptors (Lipinski definition) is 6. The number of carbonyl (C=O) groups is 1. The van der Waals surface area contributed by atoms with Crippen LogP contribution in [0.25, 0.3) is 0 Å². The van der Waals surface area contributed by atoms with E-state index in [0.717, 1.165) is 66.6 Å². The summed E-state index contributed by atoms with van der Waals surface area (Å²) in [5.74, 6) is 0.758. The monoisotopic (exact) mass is 523 g/mol. The van der Waals surface area contributed by atoms with Crippen molar-refractivity contribution in [2.24, 2.45) is 0 Å². The molecule has 0 spiro atoms. The highest BCUT2D eigenvalue weighted by Gasteiger charge is 2.28. The summed E-state index contributed by atoms with van der Waals surface area (Å²) in [6.07, 6.45) is 6.88. The Morgan fingerprint density at radius 3 is 2.14 bits per heavy atom. The maximum absolute atomic E-state index is 13.0. The first kappa shape index (κ1) is 29.0. The van der Waals surface area contributed by atoms with E-state index < -0.39 is 11.0 Å². The minimum atomic E-state index is -1.31.